The molecule has 0 unspecified atom stereocenters. The summed E-state index contributed by atoms with van der Waals surface area (Å²) in [4.78, 5) is 20.0. The van der Waals surface area contributed by atoms with E-state index in [1.165, 1.54) is 16.8 Å². The Hall–Kier alpha value is -3.41. The fraction of sp³-hybridized carbons (Fsp3) is 0.278. The molecule has 0 aliphatic heterocycles. The molecule has 0 atom stereocenters. The van der Waals surface area contributed by atoms with Crippen LogP contribution in [0.25, 0.3) is 16.7 Å². The maximum atomic E-state index is 13.6. The van der Waals surface area contributed by atoms with Gasteiger partial charge >= 0.3 is 0 Å². The van der Waals surface area contributed by atoms with E-state index in [-0.39, 0.29) is 36.1 Å². The van der Waals surface area contributed by atoms with Crippen molar-refractivity contribution in [2.45, 2.75) is 32.6 Å². The summed E-state index contributed by atoms with van der Waals surface area (Å²) in [6.45, 7) is 2.55. The minimum Gasteiger partial charge on any atom is -0.311 e. The molecule has 1 N–H and O–H groups in total. The van der Waals surface area contributed by atoms with E-state index < -0.39 is 5.92 Å². The van der Waals surface area contributed by atoms with Gasteiger partial charge in [0.2, 0.25) is 5.91 Å². The van der Waals surface area contributed by atoms with Gasteiger partial charge in [-0.25, -0.2) is 14.6 Å². The quantitative estimate of drug-likeness (QED) is 0.742. The largest absolute Gasteiger partial charge is 0.311 e. The van der Waals surface area contributed by atoms with E-state index in [9.17, 15) is 13.6 Å². The van der Waals surface area contributed by atoms with E-state index in [0.29, 0.717) is 16.6 Å². The lowest BCUT2D eigenvalue weighted by Gasteiger charge is -2.11. The van der Waals surface area contributed by atoms with Crippen LogP contribution in [-0.2, 0) is 10.7 Å². The Labute approximate surface area is 153 Å². The van der Waals surface area contributed by atoms with Crippen molar-refractivity contribution in [3.05, 3.63) is 41.9 Å². The normalized spacial score (nSPS) is 11.4. The average Bonchev–Trinajstić information content (AvgIpc) is 2.95. The zero-order chi connectivity index (χ0) is 19.6. The average molecular weight is 370 g/mol. The Bertz CT molecular complexity index is 1050. The molecule has 3 aromatic rings. The second-order valence-corrected chi connectivity index (χ2v) is 6.06. The molecule has 0 fully saturated rings. The first-order chi connectivity index (χ1) is 12.8. The van der Waals surface area contributed by atoms with Crippen LogP contribution in [-0.4, -0.2) is 25.7 Å². The molecule has 3 rings (SSSR count). The summed E-state index contributed by atoms with van der Waals surface area (Å²) < 4.78 is 28.6. The first-order valence-electron chi connectivity index (χ1n) is 8.17. The van der Waals surface area contributed by atoms with Gasteiger partial charge in [0.25, 0.3) is 5.92 Å². The maximum Gasteiger partial charge on any atom is 0.287 e. The van der Waals surface area contributed by atoms with Gasteiger partial charge in [0.1, 0.15) is 11.5 Å². The number of fused-ring (bicyclic) bond motifs is 1. The van der Waals surface area contributed by atoms with Crippen LogP contribution in [0, 0.1) is 18.3 Å². The zero-order valence-electron chi connectivity index (χ0n) is 14.7. The van der Waals surface area contributed by atoms with E-state index in [1.807, 2.05) is 6.07 Å². The number of amides is 1. The second-order valence-electron chi connectivity index (χ2n) is 6.06. The molecule has 0 aliphatic rings. The van der Waals surface area contributed by atoms with E-state index in [4.69, 9.17) is 5.26 Å². The second kappa shape index (κ2) is 7.07. The summed E-state index contributed by atoms with van der Waals surface area (Å²) in [7, 11) is 0. The number of nitriles is 1. The number of halogens is 2. The first-order valence-corrected chi connectivity index (χ1v) is 8.17. The Kier molecular flexibility index (Phi) is 4.81. The Morgan fingerprint density at radius 1 is 1.41 bits per heavy atom. The molecule has 1 amide bonds. The molecule has 0 bridgehead atoms. The van der Waals surface area contributed by atoms with Gasteiger partial charge in [-0.2, -0.15) is 19.1 Å². The van der Waals surface area contributed by atoms with E-state index in [2.05, 4.69) is 20.4 Å². The highest BCUT2D eigenvalue weighted by molar-refractivity contribution is 5.92. The van der Waals surface area contributed by atoms with Crippen molar-refractivity contribution in [2.24, 2.45) is 0 Å². The van der Waals surface area contributed by atoms with Crippen LogP contribution in [0.4, 0.5) is 14.6 Å². The van der Waals surface area contributed by atoms with Gasteiger partial charge in [0, 0.05) is 37.4 Å². The van der Waals surface area contributed by atoms with Crippen molar-refractivity contribution in [1.82, 2.24) is 19.7 Å². The third-order valence-electron chi connectivity index (χ3n) is 3.88. The van der Waals surface area contributed by atoms with Crippen LogP contribution in [0.15, 0.2) is 30.5 Å². The van der Waals surface area contributed by atoms with Crippen LogP contribution < -0.4 is 5.32 Å². The number of hydrogen-bond donors (Lipinski definition) is 1. The Balaban J connectivity index is 2.03. The molecule has 3 aromatic heterocycles. The number of hydrogen-bond acceptors (Lipinski definition) is 5. The van der Waals surface area contributed by atoms with E-state index in [0.717, 1.165) is 6.92 Å². The van der Waals surface area contributed by atoms with Gasteiger partial charge in [-0.05, 0) is 19.1 Å². The third-order valence-corrected chi connectivity index (χ3v) is 3.88. The highest BCUT2D eigenvalue weighted by Crippen LogP contribution is 2.27. The number of carbonyl (C=O) groups excluding carboxylic acids is 1. The molecule has 0 radical (unpaired) electrons. The van der Waals surface area contributed by atoms with Gasteiger partial charge in [0.15, 0.2) is 5.82 Å². The lowest BCUT2D eigenvalue weighted by molar-refractivity contribution is -0.116. The molecular weight excluding hydrogens is 354 g/mol. The number of carbonyl (C=O) groups is 1. The fourth-order valence-electron chi connectivity index (χ4n) is 2.56. The van der Waals surface area contributed by atoms with Crippen LogP contribution in [0.1, 0.15) is 31.2 Å². The molecule has 0 aliphatic carbocycles. The SMILES string of the molecule is Cc1nn(-c2cccc(C(C)(F)F)n2)c2cc(NC(=O)CCC#N)ncc12. The molecule has 3 heterocycles. The highest BCUT2D eigenvalue weighted by Gasteiger charge is 2.26. The number of nitrogens with zero attached hydrogens (tertiary/aromatic N) is 5. The van der Waals surface area contributed by atoms with Crippen molar-refractivity contribution in [3.8, 4) is 11.9 Å². The zero-order valence-corrected chi connectivity index (χ0v) is 14.7. The lowest BCUT2D eigenvalue weighted by atomic mass is 10.2. The molecule has 7 nitrogen and oxygen atoms in total. The highest BCUT2D eigenvalue weighted by atomic mass is 19.3. The summed E-state index contributed by atoms with van der Waals surface area (Å²) >= 11 is 0. The number of nitrogens with one attached hydrogen (secondary N) is 1. The minimum absolute atomic E-state index is 0.0592. The Morgan fingerprint density at radius 2 is 2.19 bits per heavy atom. The predicted molar refractivity (Wildman–Crippen MR) is 94.4 cm³/mol. The van der Waals surface area contributed by atoms with E-state index in [1.54, 1.807) is 25.3 Å². The monoisotopic (exact) mass is 370 g/mol. The molecule has 0 saturated carbocycles. The summed E-state index contributed by atoms with van der Waals surface area (Å²) in [5.41, 5.74) is 0.859. The van der Waals surface area contributed by atoms with Crippen molar-refractivity contribution in [2.75, 3.05) is 5.32 Å². The standard InChI is InChI=1S/C18H16F2N6O/c1-11-12-10-22-15(24-17(27)7-4-8-21)9-13(12)26(25-11)16-6-3-5-14(23-16)18(2,19)20/h3,5-6,9-10H,4,7H2,1-2H3,(H,22,24,27). The topological polar surface area (TPSA) is 96.5 Å². The van der Waals surface area contributed by atoms with Crippen LogP contribution in [0.5, 0.6) is 0 Å². The van der Waals surface area contributed by atoms with Gasteiger partial charge in [0.05, 0.1) is 17.3 Å². The predicted octanol–water partition coefficient (Wildman–Crippen LogP) is 3.48. The summed E-state index contributed by atoms with van der Waals surface area (Å²) in [6, 6.07) is 7.82. The number of aryl methyl sites for hydroxylation is 1. The van der Waals surface area contributed by atoms with Gasteiger partial charge in [-0.15, -0.1) is 0 Å². The molecular formula is C18H16F2N6O. The smallest absolute Gasteiger partial charge is 0.287 e. The maximum absolute atomic E-state index is 13.6. The van der Waals surface area contributed by atoms with Crippen LogP contribution >= 0.6 is 0 Å². The fourth-order valence-corrected chi connectivity index (χ4v) is 2.56. The molecule has 138 valence electrons. The third kappa shape index (κ3) is 3.89. The number of rotatable bonds is 5. The van der Waals surface area contributed by atoms with Crippen LogP contribution in [0.2, 0.25) is 0 Å². The molecule has 9 heteroatoms. The van der Waals surface area contributed by atoms with Crippen molar-refractivity contribution in [3.63, 3.8) is 0 Å². The number of pyridine rings is 2. The van der Waals surface area contributed by atoms with Crippen molar-refractivity contribution < 1.29 is 13.6 Å². The summed E-state index contributed by atoms with van der Waals surface area (Å²) in [5.74, 6) is -2.89. The van der Waals surface area contributed by atoms with Gasteiger partial charge < -0.3 is 5.32 Å². The molecule has 0 saturated heterocycles. The van der Waals surface area contributed by atoms with Crippen LogP contribution in [0.3, 0.4) is 0 Å². The molecule has 0 spiro atoms. The minimum atomic E-state index is -3.07. The van der Waals surface area contributed by atoms with Crippen molar-refractivity contribution >= 4 is 22.6 Å². The number of aromatic nitrogens is 4. The van der Waals surface area contributed by atoms with Gasteiger partial charge in [-0.3, -0.25) is 4.79 Å². The lowest BCUT2D eigenvalue weighted by Crippen LogP contribution is -2.13. The molecule has 27 heavy (non-hydrogen) atoms. The Morgan fingerprint density at radius 3 is 2.89 bits per heavy atom. The van der Waals surface area contributed by atoms with E-state index >= 15 is 0 Å². The molecule has 0 aromatic carbocycles. The summed E-state index contributed by atoms with van der Waals surface area (Å²) in [6.07, 6.45) is 1.71. The van der Waals surface area contributed by atoms with Gasteiger partial charge in [-0.1, -0.05) is 6.07 Å². The van der Waals surface area contributed by atoms with Crippen molar-refractivity contribution in [1.29, 1.82) is 5.26 Å². The summed E-state index contributed by atoms with van der Waals surface area (Å²) in [5, 5.41) is 16.2. The first kappa shape index (κ1) is 18.4. The number of anilines is 1. The number of alkyl halides is 2.